The van der Waals surface area contributed by atoms with Crippen LogP contribution >= 0.6 is 0 Å². The highest BCUT2D eigenvalue weighted by Crippen LogP contribution is 2.33. The molecule has 1 fully saturated rings. The SMILES string of the molecule is CN(Cc1cccc(F)c1)c1cc2n(c(=O)n1)CC1CCCN21. The molecular weight excluding hydrogens is 295 g/mol. The first-order valence-corrected chi connectivity index (χ1v) is 7.96. The summed E-state index contributed by atoms with van der Waals surface area (Å²) in [6, 6.07) is 8.92. The van der Waals surface area contributed by atoms with Crippen molar-refractivity contribution in [1.82, 2.24) is 9.55 Å². The van der Waals surface area contributed by atoms with Gasteiger partial charge in [-0.2, -0.15) is 4.98 Å². The van der Waals surface area contributed by atoms with Gasteiger partial charge in [0, 0.05) is 38.8 Å². The molecule has 3 heterocycles. The number of rotatable bonds is 3. The molecule has 2 aromatic rings. The molecule has 120 valence electrons. The molecular formula is C17H19FN4O. The Balaban J connectivity index is 1.63. The monoisotopic (exact) mass is 314 g/mol. The highest BCUT2D eigenvalue weighted by Gasteiger charge is 2.34. The van der Waals surface area contributed by atoms with Gasteiger partial charge in [-0.15, -0.1) is 0 Å². The van der Waals surface area contributed by atoms with E-state index >= 15 is 0 Å². The molecule has 1 unspecified atom stereocenters. The fourth-order valence-electron chi connectivity index (χ4n) is 3.62. The van der Waals surface area contributed by atoms with E-state index < -0.39 is 0 Å². The van der Waals surface area contributed by atoms with Gasteiger partial charge in [-0.25, -0.2) is 9.18 Å². The maximum absolute atomic E-state index is 13.3. The molecule has 5 nitrogen and oxygen atoms in total. The normalized spacial score (nSPS) is 18.9. The predicted molar refractivity (Wildman–Crippen MR) is 87.4 cm³/mol. The molecule has 0 N–H and O–H groups in total. The molecule has 6 heteroatoms. The van der Waals surface area contributed by atoms with Crippen molar-refractivity contribution in [1.29, 1.82) is 0 Å². The Hall–Kier alpha value is -2.37. The zero-order valence-corrected chi connectivity index (χ0v) is 13.1. The molecule has 0 bridgehead atoms. The Labute approximate surface area is 134 Å². The number of fused-ring (bicyclic) bond motifs is 3. The molecule has 0 aliphatic carbocycles. The summed E-state index contributed by atoms with van der Waals surface area (Å²) in [7, 11) is 1.88. The van der Waals surface area contributed by atoms with E-state index in [2.05, 4.69) is 9.88 Å². The van der Waals surface area contributed by atoms with Gasteiger partial charge in [0.05, 0.1) is 0 Å². The molecule has 0 amide bonds. The van der Waals surface area contributed by atoms with Gasteiger partial charge in [-0.3, -0.25) is 4.57 Å². The maximum atomic E-state index is 13.3. The second kappa shape index (κ2) is 5.37. The van der Waals surface area contributed by atoms with Gasteiger partial charge in [0.1, 0.15) is 17.5 Å². The van der Waals surface area contributed by atoms with Crippen LogP contribution in [0.1, 0.15) is 18.4 Å². The Morgan fingerprint density at radius 2 is 2.26 bits per heavy atom. The topological polar surface area (TPSA) is 41.4 Å². The standard InChI is InChI=1S/C17H19FN4O/c1-20(10-12-4-2-5-13(18)8-12)15-9-16-21-7-3-6-14(21)11-22(16)17(23)19-15/h2,4-5,8-9,14H,3,6-7,10-11H2,1H3. The third-order valence-corrected chi connectivity index (χ3v) is 4.74. The van der Waals surface area contributed by atoms with Crippen LogP contribution < -0.4 is 15.5 Å². The zero-order valence-electron chi connectivity index (χ0n) is 13.1. The van der Waals surface area contributed by atoms with Crippen LogP contribution in [-0.4, -0.2) is 29.2 Å². The van der Waals surface area contributed by atoms with Crippen LogP contribution in [0.25, 0.3) is 0 Å². The lowest BCUT2D eigenvalue weighted by Gasteiger charge is -2.21. The van der Waals surface area contributed by atoms with Crippen molar-refractivity contribution in [2.75, 3.05) is 23.4 Å². The quantitative estimate of drug-likeness (QED) is 0.869. The lowest BCUT2D eigenvalue weighted by atomic mass is 10.2. The van der Waals surface area contributed by atoms with E-state index in [1.165, 1.54) is 18.6 Å². The van der Waals surface area contributed by atoms with Gasteiger partial charge in [0.25, 0.3) is 0 Å². The summed E-state index contributed by atoms with van der Waals surface area (Å²) in [6.07, 6.45) is 2.31. The van der Waals surface area contributed by atoms with Crippen molar-refractivity contribution in [2.24, 2.45) is 0 Å². The fourth-order valence-corrected chi connectivity index (χ4v) is 3.62. The largest absolute Gasteiger partial charge is 0.355 e. The molecule has 4 rings (SSSR count). The minimum atomic E-state index is -0.252. The maximum Gasteiger partial charge on any atom is 0.351 e. The van der Waals surface area contributed by atoms with Crippen LogP contribution in [0.2, 0.25) is 0 Å². The van der Waals surface area contributed by atoms with Gasteiger partial charge in [-0.1, -0.05) is 12.1 Å². The average Bonchev–Trinajstić information content (AvgIpc) is 3.09. The number of anilines is 2. The zero-order chi connectivity index (χ0) is 16.0. The summed E-state index contributed by atoms with van der Waals surface area (Å²) in [5, 5.41) is 0. The van der Waals surface area contributed by atoms with Crippen LogP contribution in [0, 0.1) is 5.82 Å². The van der Waals surface area contributed by atoms with Crippen molar-refractivity contribution >= 4 is 11.6 Å². The summed E-state index contributed by atoms with van der Waals surface area (Å²) in [6.45, 7) is 2.26. The van der Waals surface area contributed by atoms with Crippen molar-refractivity contribution in [3.63, 3.8) is 0 Å². The van der Waals surface area contributed by atoms with E-state index in [1.807, 2.05) is 24.1 Å². The van der Waals surface area contributed by atoms with Gasteiger partial charge in [-0.05, 0) is 30.5 Å². The lowest BCUT2D eigenvalue weighted by Crippen LogP contribution is -2.27. The smallest absolute Gasteiger partial charge is 0.351 e. The number of hydrogen-bond donors (Lipinski definition) is 0. The summed E-state index contributed by atoms with van der Waals surface area (Å²) in [5.74, 6) is 1.35. The minimum Gasteiger partial charge on any atom is -0.355 e. The predicted octanol–water partition coefficient (Wildman–Crippen LogP) is 2.00. The second-order valence-electron chi connectivity index (χ2n) is 6.34. The molecule has 2 aliphatic rings. The van der Waals surface area contributed by atoms with Gasteiger partial charge in [0.2, 0.25) is 0 Å². The molecule has 2 aliphatic heterocycles. The second-order valence-corrected chi connectivity index (χ2v) is 6.34. The molecule has 0 spiro atoms. The molecule has 1 aromatic carbocycles. The van der Waals surface area contributed by atoms with Gasteiger partial charge < -0.3 is 9.80 Å². The third kappa shape index (κ3) is 2.48. The minimum absolute atomic E-state index is 0.196. The lowest BCUT2D eigenvalue weighted by molar-refractivity contribution is 0.603. The van der Waals surface area contributed by atoms with Crippen LogP contribution in [0.3, 0.4) is 0 Å². The summed E-state index contributed by atoms with van der Waals surface area (Å²) in [5.41, 5.74) is 0.659. The molecule has 23 heavy (non-hydrogen) atoms. The van der Waals surface area contributed by atoms with Crippen molar-refractivity contribution in [3.8, 4) is 0 Å². The van der Waals surface area contributed by atoms with Gasteiger partial charge >= 0.3 is 5.69 Å². The van der Waals surface area contributed by atoms with Crippen LogP contribution in [0.15, 0.2) is 35.1 Å². The van der Waals surface area contributed by atoms with Crippen molar-refractivity contribution in [3.05, 3.63) is 52.2 Å². The van der Waals surface area contributed by atoms with E-state index in [4.69, 9.17) is 0 Å². The average molecular weight is 314 g/mol. The number of nitrogens with zero attached hydrogens (tertiary/aromatic N) is 4. The first-order chi connectivity index (χ1) is 11.1. The molecule has 0 radical (unpaired) electrons. The Morgan fingerprint density at radius 3 is 3.09 bits per heavy atom. The molecule has 1 atom stereocenters. The number of halogens is 1. The van der Waals surface area contributed by atoms with E-state index in [0.29, 0.717) is 18.4 Å². The Bertz CT molecular complexity index is 803. The van der Waals surface area contributed by atoms with Gasteiger partial charge in [0.15, 0.2) is 0 Å². The van der Waals surface area contributed by atoms with E-state index in [1.54, 1.807) is 10.6 Å². The van der Waals surface area contributed by atoms with E-state index in [0.717, 1.165) is 30.9 Å². The molecule has 1 saturated heterocycles. The Kier molecular flexibility index (Phi) is 3.32. The summed E-state index contributed by atoms with van der Waals surface area (Å²) >= 11 is 0. The van der Waals surface area contributed by atoms with Crippen molar-refractivity contribution < 1.29 is 4.39 Å². The number of hydrogen-bond acceptors (Lipinski definition) is 4. The highest BCUT2D eigenvalue weighted by atomic mass is 19.1. The van der Waals surface area contributed by atoms with E-state index in [9.17, 15) is 9.18 Å². The summed E-state index contributed by atoms with van der Waals surface area (Å²) in [4.78, 5) is 20.7. The van der Waals surface area contributed by atoms with E-state index in [-0.39, 0.29) is 11.5 Å². The highest BCUT2D eigenvalue weighted by molar-refractivity contribution is 5.54. The molecule has 1 aromatic heterocycles. The number of aromatic nitrogens is 2. The van der Waals surface area contributed by atoms with Crippen molar-refractivity contribution in [2.45, 2.75) is 32.0 Å². The van der Waals surface area contributed by atoms with Crippen LogP contribution in [0.5, 0.6) is 0 Å². The Morgan fingerprint density at radius 1 is 1.39 bits per heavy atom. The number of benzene rings is 1. The third-order valence-electron chi connectivity index (χ3n) is 4.74. The van der Waals surface area contributed by atoms with Crippen LogP contribution in [-0.2, 0) is 13.1 Å². The first kappa shape index (κ1) is 14.2. The summed E-state index contributed by atoms with van der Waals surface area (Å²) < 4.78 is 15.1. The van der Waals surface area contributed by atoms with Crippen LogP contribution in [0.4, 0.5) is 16.0 Å². The first-order valence-electron chi connectivity index (χ1n) is 7.96. The molecule has 0 saturated carbocycles. The fraction of sp³-hybridized carbons (Fsp3) is 0.412.